The van der Waals surface area contributed by atoms with E-state index >= 15 is 0 Å². The van der Waals surface area contributed by atoms with Gasteiger partial charge in [-0.1, -0.05) is 31.9 Å². The molecule has 0 heterocycles. The fourth-order valence-electron chi connectivity index (χ4n) is 3.72. The third-order valence-electron chi connectivity index (χ3n) is 4.83. The van der Waals surface area contributed by atoms with Gasteiger partial charge in [0, 0.05) is 19.6 Å². The first kappa shape index (κ1) is 16.4. The van der Waals surface area contributed by atoms with Crippen LogP contribution in [-0.2, 0) is 6.54 Å². The molecule has 0 radical (unpaired) electrons. The fraction of sp³-hybridized carbons (Fsp3) is 0.667. The van der Waals surface area contributed by atoms with Crippen molar-refractivity contribution >= 4 is 0 Å². The maximum absolute atomic E-state index is 13.3. The summed E-state index contributed by atoms with van der Waals surface area (Å²) in [6.07, 6.45) is 5.25. The molecule has 1 saturated carbocycles. The van der Waals surface area contributed by atoms with Gasteiger partial charge in [0.25, 0.3) is 0 Å². The molecule has 0 atom stereocenters. The number of hydrogen-bond acceptors (Lipinski definition) is 2. The zero-order chi connectivity index (χ0) is 15.3. The predicted molar refractivity (Wildman–Crippen MR) is 86.7 cm³/mol. The summed E-state index contributed by atoms with van der Waals surface area (Å²) in [5.41, 5.74) is 1.44. The van der Waals surface area contributed by atoms with Gasteiger partial charge in [-0.05, 0) is 56.0 Å². The molecule has 3 heteroatoms. The molecule has 1 fully saturated rings. The molecule has 21 heavy (non-hydrogen) atoms. The Morgan fingerprint density at radius 1 is 1.33 bits per heavy atom. The van der Waals surface area contributed by atoms with Gasteiger partial charge in [-0.3, -0.25) is 0 Å². The highest BCUT2D eigenvalue weighted by molar-refractivity contribution is 5.16. The zero-order valence-electron chi connectivity index (χ0n) is 13.7. The Bertz CT molecular complexity index is 439. The lowest BCUT2D eigenvalue weighted by atomic mass is 9.70. The highest BCUT2D eigenvalue weighted by Crippen LogP contribution is 2.39. The zero-order valence-corrected chi connectivity index (χ0v) is 13.7. The van der Waals surface area contributed by atoms with E-state index in [1.807, 2.05) is 13.1 Å². The van der Waals surface area contributed by atoms with Gasteiger partial charge in [0.15, 0.2) is 0 Å². The standard InChI is InChI=1S/C18H29FN2/c1-15-7-9-18(10-8-15,13-20-2)14-21(3)12-16-5-4-6-17(19)11-16/h4-6,11,15,20H,7-10,12-14H2,1-3H3. The monoisotopic (exact) mass is 292 g/mol. The van der Waals surface area contributed by atoms with E-state index in [-0.39, 0.29) is 5.82 Å². The molecule has 1 aliphatic carbocycles. The van der Waals surface area contributed by atoms with Gasteiger partial charge in [0.05, 0.1) is 0 Å². The SMILES string of the molecule is CNCC1(CN(C)Cc2cccc(F)c2)CCC(C)CC1. The fourth-order valence-corrected chi connectivity index (χ4v) is 3.72. The Hall–Kier alpha value is -0.930. The smallest absolute Gasteiger partial charge is 0.123 e. The van der Waals surface area contributed by atoms with Gasteiger partial charge in [-0.15, -0.1) is 0 Å². The average Bonchev–Trinajstić information content (AvgIpc) is 2.42. The average molecular weight is 292 g/mol. The van der Waals surface area contributed by atoms with Gasteiger partial charge >= 0.3 is 0 Å². The number of rotatable bonds is 6. The lowest BCUT2D eigenvalue weighted by molar-refractivity contribution is 0.0979. The second kappa shape index (κ2) is 7.37. The van der Waals surface area contributed by atoms with Gasteiger partial charge in [-0.25, -0.2) is 4.39 Å². The Labute approximate surface area is 128 Å². The molecule has 0 bridgehead atoms. The molecule has 1 aromatic rings. The van der Waals surface area contributed by atoms with Gasteiger partial charge in [0.2, 0.25) is 0 Å². The highest BCUT2D eigenvalue weighted by atomic mass is 19.1. The van der Waals surface area contributed by atoms with E-state index < -0.39 is 0 Å². The van der Waals surface area contributed by atoms with Crippen molar-refractivity contribution < 1.29 is 4.39 Å². The van der Waals surface area contributed by atoms with E-state index in [4.69, 9.17) is 0 Å². The highest BCUT2D eigenvalue weighted by Gasteiger charge is 2.34. The van der Waals surface area contributed by atoms with Crippen LogP contribution in [0.2, 0.25) is 0 Å². The molecule has 1 N–H and O–H groups in total. The van der Waals surface area contributed by atoms with Crippen LogP contribution in [0.3, 0.4) is 0 Å². The lowest BCUT2D eigenvalue weighted by Crippen LogP contribution is -2.44. The third kappa shape index (κ3) is 4.79. The summed E-state index contributed by atoms with van der Waals surface area (Å²) in [5.74, 6) is 0.723. The molecule has 0 saturated heterocycles. The van der Waals surface area contributed by atoms with Crippen molar-refractivity contribution in [2.24, 2.45) is 11.3 Å². The second-order valence-corrected chi connectivity index (χ2v) is 7.02. The molecule has 0 unspecified atom stereocenters. The Morgan fingerprint density at radius 3 is 2.67 bits per heavy atom. The minimum absolute atomic E-state index is 0.141. The van der Waals surface area contributed by atoms with Crippen molar-refractivity contribution in [1.82, 2.24) is 10.2 Å². The van der Waals surface area contributed by atoms with Crippen LogP contribution < -0.4 is 5.32 Å². The normalized spacial score (nSPS) is 26.2. The summed E-state index contributed by atoms with van der Waals surface area (Å²) in [6.45, 7) is 5.34. The Morgan fingerprint density at radius 2 is 2.05 bits per heavy atom. The Balaban J connectivity index is 1.96. The number of nitrogens with zero attached hydrogens (tertiary/aromatic N) is 1. The van der Waals surface area contributed by atoms with Crippen LogP contribution in [0.5, 0.6) is 0 Å². The summed E-state index contributed by atoms with van der Waals surface area (Å²) in [4.78, 5) is 2.35. The van der Waals surface area contributed by atoms with Gasteiger partial charge < -0.3 is 10.2 Å². The summed E-state index contributed by atoms with van der Waals surface area (Å²) in [7, 11) is 4.20. The number of halogens is 1. The minimum Gasteiger partial charge on any atom is -0.319 e. The molecular weight excluding hydrogens is 263 g/mol. The predicted octanol–water partition coefficient (Wildman–Crippen LogP) is 3.67. The summed E-state index contributed by atoms with van der Waals surface area (Å²) >= 11 is 0. The van der Waals surface area contributed by atoms with Crippen LogP contribution in [0.1, 0.15) is 38.2 Å². The van der Waals surface area contributed by atoms with E-state index in [9.17, 15) is 4.39 Å². The molecule has 0 aliphatic heterocycles. The first-order chi connectivity index (χ1) is 10.0. The van der Waals surface area contributed by atoms with Crippen LogP contribution in [0.15, 0.2) is 24.3 Å². The van der Waals surface area contributed by atoms with Crippen molar-refractivity contribution in [2.75, 3.05) is 27.2 Å². The van der Waals surface area contributed by atoms with Crippen molar-refractivity contribution in [1.29, 1.82) is 0 Å². The molecule has 2 rings (SSSR count). The van der Waals surface area contributed by atoms with Crippen LogP contribution in [0.4, 0.5) is 4.39 Å². The molecule has 0 spiro atoms. The first-order valence-electron chi connectivity index (χ1n) is 8.11. The van der Waals surface area contributed by atoms with Crippen LogP contribution in [-0.4, -0.2) is 32.1 Å². The van der Waals surface area contributed by atoms with Crippen molar-refractivity contribution in [2.45, 2.75) is 39.2 Å². The molecule has 0 aromatic heterocycles. The summed E-state index contributed by atoms with van der Waals surface area (Å²) < 4.78 is 13.3. The molecular formula is C18H29FN2. The van der Waals surface area contributed by atoms with E-state index in [2.05, 4.69) is 24.2 Å². The number of nitrogens with one attached hydrogen (secondary N) is 1. The quantitative estimate of drug-likeness (QED) is 0.860. The van der Waals surface area contributed by atoms with Crippen molar-refractivity contribution in [3.63, 3.8) is 0 Å². The summed E-state index contributed by atoms with van der Waals surface area (Å²) in [6, 6.07) is 6.95. The van der Waals surface area contributed by atoms with E-state index in [1.54, 1.807) is 12.1 Å². The molecule has 1 aliphatic rings. The molecule has 0 amide bonds. The first-order valence-corrected chi connectivity index (χ1v) is 8.11. The largest absolute Gasteiger partial charge is 0.319 e. The number of hydrogen-bond donors (Lipinski definition) is 1. The van der Waals surface area contributed by atoms with E-state index in [0.29, 0.717) is 5.41 Å². The van der Waals surface area contributed by atoms with Gasteiger partial charge in [0.1, 0.15) is 5.82 Å². The lowest BCUT2D eigenvalue weighted by Gasteiger charge is -2.42. The van der Waals surface area contributed by atoms with Crippen molar-refractivity contribution in [3.05, 3.63) is 35.6 Å². The Kier molecular flexibility index (Phi) is 5.77. The summed E-state index contributed by atoms with van der Waals surface area (Å²) in [5, 5.41) is 3.38. The third-order valence-corrected chi connectivity index (χ3v) is 4.83. The maximum atomic E-state index is 13.3. The van der Waals surface area contributed by atoms with E-state index in [1.165, 1.54) is 31.7 Å². The van der Waals surface area contributed by atoms with Crippen LogP contribution in [0, 0.1) is 17.2 Å². The topological polar surface area (TPSA) is 15.3 Å². The van der Waals surface area contributed by atoms with Crippen molar-refractivity contribution in [3.8, 4) is 0 Å². The maximum Gasteiger partial charge on any atom is 0.123 e. The second-order valence-electron chi connectivity index (χ2n) is 7.02. The number of benzene rings is 1. The molecule has 1 aromatic carbocycles. The van der Waals surface area contributed by atoms with Crippen LogP contribution >= 0.6 is 0 Å². The van der Waals surface area contributed by atoms with Crippen LogP contribution in [0.25, 0.3) is 0 Å². The molecule has 2 nitrogen and oxygen atoms in total. The van der Waals surface area contributed by atoms with E-state index in [0.717, 1.165) is 31.1 Å². The molecule has 118 valence electrons. The minimum atomic E-state index is -0.141. The van der Waals surface area contributed by atoms with Gasteiger partial charge in [-0.2, -0.15) is 0 Å².